The second-order valence-electron chi connectivity index (χ2n) is 13.0. The molecule has 0 atom stereocenters. The van der Waals surface area contributed by atoms with E-state index in [4.69, 9.17) is 4.74 Å². The molecule has 0 unspecified atom stereocenters. The number of benzene rings is 2. The van der Waals surface area contributed by atoms with Gasteiger partial charge in [-0.15, -0.1) is 0 Å². The average molecular weight is 742 g/mol. The first kappa shape index (κ1) is 38.2. The topological polar surface area (TPSA) is 136 Å². The number of aromatic nitrogens is 6. The molecule has 4 heterocycles. The van der Waals surface area contributed by atoms with Crippen LogP contribution in [0.4, 0.5) is 37.0 Å². The lowest BCUT2D eigenvalue weighted by atomic mass is 9.99. The Morgan fingerprint density at radius 3 is 1.57 bits per heavy atom. The van der Waals surface area contributed by atoms with Crippen LogP contribution in [0.15, 0.2) is 60.9 Å². The molecule has 278 valence electrons. The molecule has 0 saturated heterocycles. The number of carbonyl (C=O) groups is 2. The van der Waals surface area contributed by atoms with Crippen LogP contribution in [-0.2, 0) is 17.1 Å². The molecule has 11 nitrogen and oxygen atoms in total. The number of imidazole rings is 2. The minimum Gasteiger partial charge on any atom is -0.476 e. The van der Waals surface area contributed by atoms with Gasteiger partial charge in [-0.2, -0.15) is 41.1 Å². The number of alkyl halides is 6. The highest BCUT2D eigenvalue weighted by Gasteiger charge is 2.36. The number of aryl methyl sites for hydroxylation is 2. The highest BCUT2D eigenvalue weighted by Crippen LogP contribution is 2.39. The van der Waals surface area contributed by atoms with E-state index in [9.17, 15) is 41.0 Å². The summed E-state index contributed by atoms with van der Waals surface area (Å²) in [5, 5.41) is 20.3. The summed E-state index contributed by atoms with van der Waals surface area (Å²) < 4.78 is 88.0. The Balaban J connectivity index is 0.000000208. The number of ether oxygens (including phenoxy) is 1. The number of nitrogens with one attached hydrogen (secondary N) is 1. The van der Waals surface area contributed by atoms with Gasteiger partial charge in [0, 0.05) is 11.1 Å². The molecule has 2 N–H and O–H groups in total. The van der Waals surface area contributed by atoms with Crippen molar-refractivity contribution >= 4 is 29.2 Å². The molecule has 53 heavy (non-hydrogen) atoms. The number of nitrogens with zero attached hydrogens (tertiary/aromatic N) is 6. The third-order valence-electron chi connectivity index (χ3n) is 8.21. The van der Waals surface area contributed by atoms with Crippen LogP contribution in [0, 0.1) is 27.7 Å². The largest absolute Gasteiger partial charge is 0.476 e. The van der Waals surface area contributed by atoms with Crippen LogP contribution in [0.25, 0.3) is 33.8 Å². The van der Waals surface area contributed by atoms with E-state index in [1.165, 1.54) is 47.1 Å². The number of anilines is 1. The highest BCUT2D eigenvalue weighted by molar-refractivity contribution is 5.87. The van der Waals surface area contributed by atoms with Crippen molar-refractivity contribution in [3.8, 4) is 22.5 Å². The molecule has 0 aliphatic rings. The minimum absolute atomic E-state index is 0.0422. The van der Waals surface area contributed by atoms with E-state index in [0.29, 0.717) is 33.5 Å². The van der Waals surface area contributed by atoms with Gasteiger partial charge in [0.05, 0.1) is 34.9 Å². The zero-order valence-corrected chi connectivity index (χ0v) is 29.4. The van der Waals surface area contributed by atoms with Gasteiger partial charge in [0.1, 0.15) is 5.60 Å². The Hall–Kier alpha value is -6.00. The van der Waals surface area contributed by atoms with Crippen molar-refractivity contribution in [1.82, 2.24) is 29.2 Å². The summed E-state index contributed by atoms with van der Waals surface area (Å²) in [6.45, 7) is 11.9. The molecule has 17 heteroatoms. The molecule has 2 aromatic carbocycles. The number of hydrogen-bond acceptors (Lipinski definition) is 7. The first-order valence-corrected chi connectivity index (χ1v) is 15.9. The monoisotopic (exact) mass is 741 g/mol. The second kappa shape index (κ2) is 13.9. The Bertz CT molecular complexity index is 2370. The van der Waals surface area contributed by atoms with Gasteiger partial charge >= 0.3 is 24.4 Å². The van der Waals surface area contributed by atoms with Crippen molar-refractivity contribution in [1.29, 1.82) is 0 Å². The lowest BCUT2D eigenvalue weighted by Gasteiger charge is -2.19. The summed E-state index contributed by atoms with van der Waals surface area (Å²) in [5.41, 5.74) is 0.630. The van der Waals surface area contributed by atoms with Crippen LogP contribution in [0.2, 0.25) is 0 Å². The molecule has 0 bridgehead atoms. The summed E-state index contributed by atoms with van der Waals surface area (Å²) in [7, 11) is 0. The average Bonchev–Trinajstić information content (AvgIpc) is 3.67. The maximum atomic E-state index is 13.5. The van der Waals surface area contributed by atoms with Gasteiger partial charge in [0.2, 0.25) is 0 Å². The first-order valence-electron chi connectivity index (χ1n) is 15.9. The molecule has 0 aliphatic carbocycles. The number of aromatic carboxylic acids is 1. The second-order valence-corrected chi connectivity index (χ2v) is 13.0. The number of rotatable bonds is 4. The maximum Gasteiger partial charge on any atom is 0.417 e. The third kappa shape index (κ3) is 7.78. The van der Waals surface area contributed by atoms with Crippen LogP contribution in [0.5, 0.6) is 0 Å². The van der Waals surface area contributed by atoms with Crippen molar-refractivity contribution in [3.63, 3.8) is 0 Å². The summed E-state index contributed by atoms with van der Waals surface area (Å²) in [6, 6.07) is 10.3. The Morgan fingerprint density at radius 1 is 0.679 bits per heavy atom. The number of carboxylic acid groups (broad SMARTS) is 1. The fourth-order valence-corrected chi connectivity index (χ4v) is 5.47. The van der Waals surface area contributed by atoms with Gasteiger partial charge in [-0.05, 0) is 82.9 Å². The third-order valence-corrected chi connectivity index (χ3v) is 8.21. The lowest BCUT2D eigenvalue weighted by Crippen LogP contribution is -2.27. The SMILES string of the molecule is Cc1c(-c2ccccc2C(F)(F)F)nn2c(C(=O)O)cnc2c1C.Cc1c(-c2ccccc2C(F)(F)F)nn2c(NC(=O)OC(C)(C)C)cnc2c1C. The van der Waals surface area contributed by atoms with E-state index in [-0.39, 0.29) is 34.0 Å². The summed E-state index contributed by atoms with van der Waals surface area (Å²) >= 11 is 0. The Kier molecular flexibility index (Phi) is 9.99. The van der Waals surface area contributed by atoms with Crippen molar-refractivity contribution < 1.29 is 45.8 Å². The zero-order valence-electron chi connectivity index (χ0n) is 29.4. The van der Waals surface area contributed by atoms with Crippen LogP contribution in [0.3, 0.4) is 0 Å². The normalized spacial score (nSPS) is 12.1. The molecular weight excluding hydrogens is 708 g/mol. The van der Waals surface area contributed by atoms with Gasteiger partial charge < -0.3 is 9.84 Å². The van der Waals surface area contributed by atoms with Gasteiger partial charge in [0.15, 0.2) is 22.8 Å². The van der Waals surface area contributed by atoms with Crippen molar-refractivity contribution in [3.05, 3.63) is 100.0 Å². The van der Waals surface area contributed by atoms with Crippen LogP contribution in [0.1, 0.15) is 64.6 Å². The summed E-state index contributed by atoms with van der Waals surface area (Å²) in [4.78, 5) is 31.6. The Morgan fingerprint density at radius 2 is 1.11 bits per heavy atom. The van der Waals surface area contributed by atoms with E-state index in [1.807, 2.05) is 0 Å². The molecule has 6 rings (SSSR count). The van der Waals surface area contributed by atoms with Crippen LogP contribution in [-0.4, -0.2) is 52.0 Å². The van der Waals surface area contributed by atoms with Crippen LogP contribution >= 0.6 is 0 Å². The maximum absolute atomic E-state index is 13.5. The standard InChI is InChI=1S/C20H21F3N4O2.C16H12F3N3O2/c1-11-12(2)17-24-10-15(25-18(28)29-19(3,4)5)27(17)26-16(11)13-8-6-7-9-14(13)20(21,22)23;1-8-9(2)14-20-7-12(15(23)24)22(14)21-13(8)10-5-3-4-6-11(10)16(17,18)19/h6-10H,1-5H3,(H,25,28);3-7H,1-2H3,(H,23,24). The van der Waals surface area contributed by atoms with E-state index < -0.39 is 41.1 Å². The van der Waals surface area contributed by atoms with Gasteiger partial charge in [-0.3, -0.25) is 5.32 Å². The number of halogens is 6. The molecule has 0 radical (unpaired) electrons. The van der Waals surface area contributed by atoms with E-state index >= 15 is 0 Å². The van der Waals surface area contributed by atoms with E-state index in [2.05, 4.69) is 25.5 Å². The molecule has 6 aromatic rings. The van der Waals surface area contributed by atoms with Crippen molar-refractivity contribution in [2.24, 2.45) is 0 Å². The Labute approximate surface area is 298 Å². The molecule has 4 aromatic heterocycles. The molecule has 0 aliphatic heterocycles. The van der Waals surface area contributed by atoms with Gasteiger partial charge in [-0.1, -0.05) is 36.4 Å². The number of carbonyl (C=O) groups excluding carboxylic acids is 1. The predicted molar refractivity (Wildman–Crippen MR) is 183 cm³/mol. The van der Waals surface area contributed by atoms with Crippen molar-refractivity contribution in [2.75, 3.05) is 5.32 Å². The number of carboxylic acids is 1. The van der Waals surface area contributed by atoms with Gasteiger partial charge in [0.25, 0.3) is 0 Å². The summed E-state index contributed by atoms with van der Waals surface area (Å²) in [5.74, 6) is -1.06. The minimum atomic E-state index is -4.54. The first-order chi connectivity index (χ1) is 24.6. The molecule has 0 fully saturated rings. The predicted octanol–water partition coefficient (Wildman–Crippen LogP) is 9.11. The smallest absolute Gasteiger partial charge is 0.417 e. The molecule has 1 amide bonds. The van der Waals surface area contributed by atoms with E-state index in [0.717, 1.165) is 22.8 Å². The zero-order chi connectivity index (χ0) is 39.2. The molecular formula is C36H33F6N7O4. The van der Waals surface area contributed by atoms with Gasteiger partial charge in [-0.25, -0.2) is 24.1 Å². The summed E-state index contributed by atoms with van der Waals surface area (Å²) in [6.07, 6.45) is -7.26. The van der Waals surface area contributed by atoms with E-state index in [1.54, 1.807) is 48.5 Å². The molecule has 0 spiro atoms. The molecule has 0 saturated carbocycles. The number of fused-ring (bicyclic) bond motifs is 2. The lowest BCUT2D eigenvalue weighted by molar-refractivity contribution is -0.137. The van der Waals surface area contributed by atoms with Crippen molar-refractivity contribution in [2.45, 2.75) is 66.4 Å². The fourth-order valence-electron chi connectivity index (χ4n) is 5.47. The number of amides is 1. The fraction of sp³-hybridized carbons (Fsp3) is 0.278. The number of hydrogen-bond donors (Lipinski definition) is 2. The quantitative estimate of drug-likeness (QED) is 0.171. The highest BCUT2D eigenvalue weighted by atomic mass is 19.4. The van der Waals surface area contributed by atoms with Crippen LogP contribution < -0.4 is 5.32 Å².